The van der Waals surface area contributed by atoms with Crippen LogP contribution in [-0.2, 0) is 0 Å². The number of hydrogen-bond acceptors (Lipinski definition) is 1. The lowest BCUT2D eigenvalue weighted by Gasteiger charge is -2.11. The Morgan fingerprint density at radius 3 is 2.38 bits per heavy atom. The van der Waals surface area contributed by atoms with Crippen LogP contribution in [0.5, 0.6) is 0 Å². The van der Waals surface area contributed by atoms with Gasteiger partial charge in [-0.15, -0.1) is 0 Å². The molecule has 1 aromatic carbocycles. The van der Waals surface area contributed by atoms with E-state index in [0.29, 0.717) is 0 Å². The molecule has 1 unspecified atom stereocenters. The SMILES string of the molecule is C=C(c1ccc(C)cc1)C(C)CO. The molecule has 1 rings (SSSR count). The van der Waals surface area contributed by atoms with E-state index in [0.717, 1.165) is 11.1 Å². The third-order valence-electron chi connectivity index (χ3n) is 2.29. The first-order valence-electron chi connectivity index (χ1n) is 4.52. The minimum Gasteiger partial charge on any atom is -0.396 e. The Hall–Kier alpha value is -1.08. The van der Waals surface area contributed by atoms with Gasteiger partial charge in [-0.3, -0.25) is 0 Å². The van der Waals surface area contributed by atoms with E-state index in [9.17, 15) is 0 Å². The predicted octanol–water partition coefficient (Wildman–Crippen LogP) is 2.64. The summed E-state index contributed by atoms with van der Waals surface area (Å²) in [6.07, 6.45) is 0. The topological polar surface area (TPSA) is 20.2 Å². The summed E-state index contributed by atoms with van der Waals surface area (Å²) in [7, 11) is 0. The van der Waals surface area contributed by atoms with Gasteiger partial charge in [0.15, 0.2) is 0 Å². The Labute approximate surface area is 79.7 Å². The molecule has 1 atom stereocenters. The molecule has 13 heavy (non-hydrogen) atoms. The summed E-state index contributed by atoms with van der Waals surface area (Å²) >= 11 is 0. The Kier molecular flexibility index (Phi) is 3.26. The van der Waals surface area contributed by atoms with Crippen LogP contribution in [0.25, 0.3) is 5.57 Å². The van der Waals surface area contributed by atoms with Gasteiger partial charge in [-0.25, -0.2) is 0 Å². The Balaban J connectivity index is 2.83. The molecular weight excluding hydrogens is 160 g/mol. The van der Waals surface area contributed by atoms with Gasteiger partial charge in [-0.1, -0.05) is 43.3 Å². The number of aliphatic hydroxyl groups excluding tert-OH is 1. The fourth-order valence-corrected chi connectivity index (χ4v) is 1.16. The summed E-state index contributed by atoms with van der Waals surface area (Å²) in [4.78, 5) is 0. The van der Waals surface area contributed by atoms with Gasteiger partial charge in [0.25, 0.3) is 0 Å². The molecule has 1 N–H and O–H groups in total. The van der Waals surface area contributed by atoms with E-state index in [1.54, 1.807) is 0 Å². The van der Waals surface area contributed by atoms with Gasteiger partial charge in [0, 0.05) is 12.5 Å². The van der Waals surface area contributed by atoms with Crippen molar-refractivity contribution in [1.82, 2.24) is 0 Å². The second-order valence-corrected chi connectivity index (χ2v) is 3.47. The third kappa shape index (κ3) is 2.43. The molecule has 0 heterocycles. The maximum absolute atomic E-state index is 8.96. The number of aryl methyl sites for hydroxylation is 1. The molecule has 1 heteroatoms. The van der Waals surface area contributed by atoms with Gasteiger partial charge in [0.2, 0.25) is 0 Å². The standard InChI is InChI=1S/C12H16O/c1-9-4-6-12(7-5-9)11(3)10(2)8-13/h4-7,10,13H,3,8H2,1-2H3. The zero-order chi connectivity index (χ0) is 9.84. The number of hydrogen-bond donors (Lipinski definition) is 1. The molecule has 0 radical (unpaired) electrons. The highest BCUT2D eigenvalue weighted by atomic mass is 16.3. The van der Waals surface area contributed by atoms with Crippen molar-refractivity contribution < 1.29 is 5.11 Å². The highest BCUT2D eigenvalue weighted by Crippen LogP contribution is 2.20. The lowest BCUT2D eigenvalue weighted by molar-refractivity contribution is 0.266. The average molecular weight is 176 g/mol. The zero-order valence-electron chi connectivity index (χ0n) is 8.25. The van der Waals surface area contributed by atoms with Crippen LogP contribution in [0.15, 0.2) is 30.8 Å². The smallest absolute Gasteiger partial charge is 0.0497 e. The van der Waals surface area contributed by atoms with Gasteiger partial charge in [0.05, 0.1) is 0 Å². The van der Waals surface area contributed by atoms with Crippen LogP contribution in [-0.4, -0.2) is 11.7 Å². The van der Waals surface area contributed by atoms with Crippen LogP contribution >= 0.6 is 0 Å². The number of rotatable bonds is 3. The van der Waals surface area contributed by atoms with Crippen molar-refractivity contribution in [1.29, 1.82) is 0 Å². The lowest BCUT2D eigenvalue weighted by atomic mass is 9.96. The molecule has 0 aromatic heterocycles. The van der Waals surface area contributed by atoms with Gasteiger partial charge < -0.3 is 5.11 Å². The lowest BCUT2D eigenvalue weighted by Crippen LogP contribution is -2.02. The molecule has 0 saturated heterocycles. The summed E-state index contributed by atoms with van der Waals surface area (Å²) < 4.78 is 0. The predicted molar refractivity (Wildman–Crippen MR) is 56.5 cm³/mol. The fourth-order valence-electron chi connectivity index (χ4n) is 1.16. The minimum absolute atomic E-state index is 0.141. The van der Waals surface area contributed by atoms with Crippen LogP contribution in [0.3, 0.4) is 0 Å². The summed E-state index contributed by atoms with van der Waals surface area (Å²) in [5, 5.41) is 8.96. The van der Waals surface area contributed by atoms with Gasteiger partial charge in [-0.05, 0) is 18.1 Å². The van der Waals surface area contributed by atoms with Crippen molar-refractivity contribution >= 4 is 5.57 Å². The van der Waals surface area contributed by atoms with Crippen LogP contribution in [0, 0.1) is 12.8 Å². The first-order valence-corrected chi connectivity index (χ1v) is 4.52. The molecule has 0 amide bonds. The van der Waals surface area contributed by atoms with Crippen molar-refractivity contribution in [3.8, 4) is 0 Å². The molecule has 1 nitrogen and oxygen atoms in total. The van der Waals surface area contributed by atoms with Crippen molar-refractivity contribution in [2.75, 3.05) is 6.61 Å². The Bertz CT molecular complexity index is 284. The quantitative estimate of drug-likeness (QED) is 0.750. The first kappa shape index (κ1) is 10.0. The molecule has 0 bridgehead atoms. The largest absolute Gasteiger partial charge is 0.396 e. The van der Waals surface area contributed by atoms with Crippen LogP contribution in [0.2, 0.25) is 0 Å². The summed E-state index contributed by atoms with van der Waals surface area (Å²) in [5.74, 6) is 0.141. The normalized spacial score (nSPS) is 12.5. The van der Waals surface area contributed by atoms with E-state index in [-0.39, 0.29) is 12.5 Å². The molecule has 0 aliphatic heterocycles. The molecule has 0 fully saturated rings. The summed E-state index contributed by atoms with van der Waals surface area (Å²) in [5.41, 5.74) is 3.36. The van der Waals surface area contributed by atoms with Crippen molar-refractivity contribution in [3.63, 3.8) is 0 Å². The van der Waals surface area contributed by atoms with Crippen LogP contribution in [0.4, 0.5) is 0 Å². The van der Waals surface area contributed by atoms with E-state index < -0.39 is 0 Å². The van der Waals surface area contributed by atoms with E-state index in [4.69, 9.17) is 5.11 Å². The monoisotopic (exact) mass is 176 g/mol. The van der Waals surface area contributed by atoms with E-state index in [1.165, 1.54) is 5.56 Å². The van der Waals surface area contributed by atoms with Crippen LogP contribution < -0.4 is 0 Å². The maximum atomic E-state index is 8.96. The fraction of sp³-hybridized carbons (Fsp3) is 0.333. The zero-order valence-corrected chi connectivity index (χ0v) is 8.25. The molecule has 0 aliphatic rings. The molecule has 0 saturated carbocycles. The van der Waals surface area contributed by atoms with Crippen molar-refractivity contribution in [3.05, 3.63) is 42.0 Å². The maximum Gasteiger partial charge on any atom is 0.0497 e. The molecular formula is C12H16O. The van der Waals surface area contributed by atoms with Crippen LogP contribution in [0.1, 0.15) is 18.1 Å². The molecule has 0 aliphatic carbocycles. The second kappa shape index (κ2) is 4.24. The van der Waals surface area contributed by atoms with E-state index in [2.05, 4.69) is 25.6 Å². The Morgan fingerprint density at radius 1 is 1.38 bits per heavy atom. The minimum atomic E-state index is 0.141. The molecule has 1 aromatic rings. The molecule has 0 spiro atoms. The third-order valence-corrected chi connectivity index (χ3v) is 2.29. The second-order valence-electron chi connectivity index (χ2n) is 3.47. The highest BCUT2D eigenvalue weighted by molar-refractivity contribution is 5.65. The Morgan fingerprint density at radius 2 is 1.92 bits per heavy atom. The van der Waals surface area contributed by atoms with E-state index >= 15 is 0 Å². The average Bonchev–Trinajstić information content (AvgIpc) is 2.17. The molecule has 70 valence electrons. The number of aliphatic hydroxyl groups is 1. The highest BCUT2D eigenvalue weighted by Gasteiger charge is 2.06. The number of benzene rings is 1. The van der Waals surface area contributed by atoms with Gasteiger partial charge in [-0.2, -0.15) is 0 Å². The van der Waals surface area contributed by atoms with Gasteiger partial charge >= 0.3 is 0 Å². The van der Waals surface area contributed by atoms with Crippen molar-refractivity contribution in [2.45, 2.75) is 13.8 Å². The van der Waals surface area contributed by atoms with Crippen molar-refractivity contribution in [2.24, 2.45) is 5.92 Å². The van der Waals surface area contributed by atoms with E-state index in [1.807, 2.05) is 19.1 Å². The first-order chi connectivity index (χ1) is 6.15. The van der Waals surface area contributed by atoms with Gasteiger partial charge in [0.1, 0.15) is 0 Å². The summed E-state index contributed by atoms with van der Waals surface area (Å²) in [6, 6.07) is 8.21. The summed E-state index contributed by atoms with van der Waals surface area (Å²) in [6.45, 7) is 8.16.